The van der Waals surface area contributed by atoms with Crippen LogP contribution in [0, 0.1) is 23.0 Å². The van der Waals surface area contributed by atoms with Crippen molar-refractivity contribution in [2.75, 3.05) is 6.54 Å². The van der Waals surface area contributed by atoms with Crippen LogP contribution in [0.3, 0.4) is 0 Å². The molecule has 0 saturated heterocycles. The van der Waals surface area contributed by atoms with Gasteiger partial charge in [-0.1, -0.05) is 19.3 Å². The number of nitrogens with zero attached hydrogens (tertiary/aromatic N) is 1. The van der Waals surface area contributed by atoms with Gasteiger partial charge in [0.25, 0.3) is 11.6 Å². The molecule has 6 nitrogen and oxygen atoms in total. The fourth-order valence-corrected chi connectivity index (χ4v) is 3.16. The molecule has 6 heteroatoms. The highest BCUT2D eigenvalue weighted by atomic mass is 16.6. The summed E-state index contributed by atoms with van der Waals surface area (Å²) < 4.78 is 0. The quantitative estimate of drug-likeness (QED) is 0.645. The van der Waals surface area contributed by atoms with Crippen LogP contribution in [0.2, 0.25) is 0 Å². The summed E-state index contributed by atoms with van der Waals surface area (Å²) in [5, 5.41) is 13.8. The van der Waals surface area contributed by atoms with Crippen LogP contribution >= 0.6 is 0 Å². The summed E-state index contributed by atoms with van der Waals surface area (Å²) in [6.45, 7) is 2.05. The highest BCUT2D eigenvalue weighted by molar-refractivity contribution is 5.94. The lowest BCUT2D eigenvalue weighted by Gasteiger charge is -2.30. The van der Waals surface area contributed by atoms with Crippen molar-refractivity contribution in [1.29, 1.82) is 0 Å². The van der Waals surface area contributed by atoms with Crippen molar-refractivity contribution < 1.29 is 9.72 Å². The monoisotopic (exact) mass is 305 g/mol. The zero-order valence-corrected chi connectivity index (χ0v) is 12.9. The third-order valence-electron chi connectivity index (χ3n) is 4.44. The number of rotatable bonds is 5. The molecule has 1 saturated carbocycles. The van der Waals surface area contributed by atoms with E-state index in [0.29, 0.717) is 23.6 Å². The molecule has 0 spiro atoms. The number of nitrogens with two attached hydrogens (primary N) is 1. The number of benzene rings is 1. The Morgan fingerprint density at radius 3 is 2.64 bits per heavy atom. The zero-order valence-electron chi connectivity index (χ0n) is 12.9. The first-order valence-corrected chi connectivity index (χ1v) is 7.79. The van der Waals surface area contributed by atoms with Crippen molar-refractivity contribution in [3.8, 4) is 0 Å². The van der Waals surface area contributed by atoms with Crippen LogP contribution in [0.4, 0.5) is 5.69 Å². The standard InChI is InChI=1S/C16H23N3O3/c1-11-9-13(7-8-15(11)19(21)22)16(20)18-14(10-17)12-5-3-2-4-6-12/h7-9,12,14H,2-6,10,17H2,1H3,(H,18,20). The van der Waals surface area contributed by atoms with Crippen LogP contribution in [0.15, 0.2) is 18.2 Å². The lowest BCUT2D eigenvalue weighted by atomic mass is 9.84. The lowest BCUT2D eigenvalue weighted by molar-refractivity contribution is -0.385. The van der Waals surface area contributed by atoms with E-state index >= 15 is 0 Å². The van der Waals surface area contributed by atoms with Gasteiger partial charge in [0.1, 0.15) is 0 Å². The molecule has 1 amide bonds. The van der Waals surface area contributed by atoms with E-state index in [1.165, 1.54) is 31.4 Å². The molecule has 3 N–H and O–H groups in total. The zero-order chi connectivity index (χ0) is 16.1. The van der Waals surface area contributed by atoms with Gasteiger partial charge in [-0.25, -0.2) is 0 Å². The smallest absolute Gasteiger partial charge is 0.272 e. The predicted molar refractivity (Wildman–Crippen MR) is 84.7 cm³/mol. The first-order valence-electron chi connectivity index (χ1n) is 7.79. The Hall–Kier alpha value is -1.95. The van der Waals surface area contributed by atoms with Gasteiger partial charge in [-0.2, -0.15) is 0 Å². The molecular weight excluding hydrogens is 282 g/mol. The minimum Gasteiger partial charge on any atom is -0.348 e. The Balaban J connectivity index is 2.07. The molecule has 0 aromatic heterocycles. The molecule has 1 aliphatic carbocycles. The van der Waals surface area contributed by atoms with Crippen LogP contribution in [0.5, 0.6) is 0 Å². The van der Waals surface area contributed by atoms with Gasteiger partial charge in [-0.15, -0.1) is 0 Å². The van der Waals surface area contributed by atoms with Crippen molar-refractivity contribution in [1.82, 2.24) is 5.32 Å². The van der Waals surface area contributed by atoms with Gasteiger partial charge in [-0.3, -0.25) is 14.9 Å². The minimum atomic E-state index is -0.443. The maximum absolute atomic E-state index is 12.4. The average Bonchev–Trinajstić information content (AvgIpc) is 2.52. The van der Waals surface area contributed by atoms with Gasteiger partial charge in [0.05, 0.1) is 4.92 Å². The molecule has 2 rings (SSSR count). The molecule has 22 heavy (non-hydrogen) atoms. The largest absolute Gasteiger partial charge is 0.348 e. The molecule has 1 aliphatic rings. The number of carbonyl (C=O) groups is 1. The van der Waals surface area contributed by atoms with E-state index in [4.69, 9.17) is 5.73 Å². The average molecular weight is 305 g/mol. The molecule has 0 bridgehead atoms. The summed E-state index contributed by atoms with van der Waals surface area (Å²) in [4.78, 5) is 22.7. The molecule has 1 aromatic carbocycles. The molecule has 1 atom stereocenters. The van der Waals surface area contributed by atoms with Crippen LogP contribution in [-0.4, -0.2) is 23.4 Å². The molecule has 0 radical (unpaired) electrons. The van der Waals surface area contributed by atoms with Crippen LogP contribution < -0.4 is 11.1 Å². The van der Waals surface area contributed by atoms with Gasteiger partial charge in [0.2, 0.25) is 0 Å². The third kappa shape index (κ3) is 3.82. The number of nitro benzene ring substituents is 1. The second-order valence-corrected chi connectivity index (χ2v) is 5.97. The second-order valence-electron chi connectivity index (χ2n) is 5.97. The number of amides is 1. The molecule has 0 aliphatic heterocycles. The fraction of sp³-hybridized carbons (Fsp3) is 0.562. The minimum absolute atomic E-state index is 0.0247. The van der Waals surface area contributed by atoms with Gasteiger partial charge in [0.15, 0.2) is 0 Å². The Bertz CT molecular complexity index is 554. The van der Waals surface area contributed by atoms with Crippen LogP contribution in [-0.2, 0) is 0 Å². The van der Waals surface area contributed by atoms with Crippen molar-refractivity contribution in [2.45, 2.75) is 45.1 Å². The number of carbonyl (C=O) groups excluding carboxylic acids is 1. The highest BCUT2D eigenvalue weighted by Gasteiger charge is 2.24. The van der Waals surface area contributed by atoms with E-state index < -0.39 is 4.92 Å². The second kappa shape index (κ2) is 7.35. The van der Waals surface area contributed by atoms with Gasteiger partial charge >= 0.3 is 0 Å². The SMILES string of the molecule is Cc1cc(C(=O)NC(CN)C2CCCCC2)ccc1[N+](=O)[O-]. The Labute approximate surface area is 130 Å². The topological polar surface area (TPSA) is 98.3 Å². The Kier molecular flexibility index (Phi) is 5.49. The number of hydrogen-bond donors (Lipinski definition) is 2. The maximum atomic E-state index is 12.4. The highest BCUT2D eigenvalue weighted by Crippen LogP contribution is 2.26. The number of aryl methyl sites for hydroxylation is 1. The van der Waals surface area contributed by atoms with E-state index in [1.807, 2.05) is 0 Å². The van der Waals surface area contributed by atoms with Crippen molar-refractivity contribution in [2.24, 2.45) is 11.7 Å². The maximum Gasteiger partial charge on any atom is 0.272 e. The number of hydrogen-bond acceptors (Lipinski definition) is 4. The first kappa shape index (κ1) is 16.4. The summed E-state index contributed by atoms with van der Waals surface area (Å²) in [6, 6.07) is 4.40. The van der Waals surface area contributed by atoms with E-state index in [-0.39, 0.29) is 17.6 Å². The Morgan fingerprint density at radius 1 is 1.41 bits per heavy atom. The summed E-state index contributed by atoms with van der Waals surface area (Å²) in [7, 11) is 0. The summed E-state index contributed by atoms with van der Waals surface area (Å²) in [5.74, 6) is 0.223. The molecule has 0 heterocycles. The first-order chi connectivity index (χ1) is 10.5. The van der Waals surface area contributed by atoms with E-state index in [2.05, 4.69) is 5.32 Å². The number of nitro groups is 1. The molecular formula is C16H23N3O3. The van der Waals surface area contributed by atoms with Crippen LogP contribution in [0.25, 0.3) is 0 Å². The normalized spacial score (nSPS) is 17.0. The van der Waals surface area contributed by atoms with E-state index in [9.17, 15) is 14.9 Å². The Morgan fingerprint density at radius 2 is 2.09 bits per heavy atom. The van der Waals surface area contributed by atoms with Crippen molar-refractivity contribution in [3.63, 3.8) is 0 Å². The van der Waals surface area contributed by atoms with Gasteiger partial charge < -0.3 is 11.1 Å². The molecule has 1 aromatic rings. The van der Waals surface area contributed by atoms with Crippen molar-refractivity contribution >= 4 is 11.6 Å². The van der Waals surface area contributed by atoms with Crippen molar-refractivity contribution in [3.05, 3.63) is 39.4 Å². The predicted octanol–water partition coefficient (Wildman–Crippen LogP) is 2.54. The molecule has 120 valence electrons. The lowest BCUT2D eigenvalue weighted by Crippen LogP contribution is -2.45. The fourth-order valence-electron chi connectivity index (χ4n) is 3.16. The molecule has 1 fully saturated rings. The third-order valence-corrected chi connectivity index (χ3v) is 4.44. The van der Waals surface area contributed by atoms with E-state index in [1.54, 1.807) is 13.0 Å². The van der Waals surface area contributed by atoms with E-state index in [0.717, 1.165) is 12.8 Å². The number of nitrogens with one attached hydrogen (secondary N) is 1. The van der Waals surface area contributed by atoms with Gasteiger partial charge in [-0.05, 0) is 37.8 Å². The molecule has 1 unspecified atom stereocenters. The van der Waals surface area contributed by atoms with Crippen LogP contribution in [0.1, 0.15) is 48.0 Å². The summed E-state index contributed by atoms with van der Waals surface area (Å²) in [6.07, 6.45) is 5.83. The summed E-state index contributed by atoms with van der Waals surface area (Å²) >= 11 is 0. The summed E-state index contributed by atoms with van der Waals surface area (Å²) in [5.41, 5.74) is 6.77. The van der Waals surface area contributed by atoms with Gasteiger partial charge in [0, 0.05) is 29.8 Å².